The molecule has 0 bridgehead atoms. The Kier molecular flexibility index (Phi) is 5.06. The molecule has 0 aliphatic carbocycles. The number of hydrogen-bond donors (Lipinski definition) is 3. The van der Waals surface area contributed by atoms with Crippen molar-refractivity contribution in [2.75, 3.05) is 11.9 Å². The number of hydrogen-bond acceptors (Lipinski definition) is 3. The van der Waals surface area contributed by atoms with Crippen molar-refractivity contribution >= 4 is 17.6 Å². The lowest BCUT2D eigenvalue weighted by Crippen LogP contribution is -2.37. The maximum atomic E-state index is 11.7. The Balaban J connectivity index is 2.56. The quantitative estimate of drug-likeness (QED) is 0.761. The fourth-order valence-corrected chi connectivity index (χ4v) is 1.54. The highest BCUT2D eigenvalue weighted by atomic mass is 16.4. The summed E-state index contributed by atoms with van der Waals surface area (Å²) < 4.78 is 0. The topological polar surface area (TPSA) is 78.4 Å². The van der Waals surface area contributed by atoms with Crippen LogP contribution in [0.15, 0.2) is 24.3 Å². The highest BCUT2D eigenvalue weighted by Gasteiger charge is 2.13. The number of carboxylic acid groups (broad SMARTS) is 1. The lowest BCUT2D eigenvalue weighted by molar-refractivity contribution is -0.116. The van der Waals surface area contributed by atoms with Gasteiger partial charge in [0.2, 0.25) is 5.91 Å². The molecule has 0 radical (unpaired) electrons. The number of aromatic carboxylic acids is 1. The molecule has 1 aromatic rings. The first-order chi connectivity index (χ1) is 8.79. The van der Waals surface area contributed by atoms with Gasteiger partial charge in [0.25, 0.3) is 0 Å². The molecule has 0 atom stereocenters. The zero-order chi connectivity index (χ0) is 14.5. The number of amides is 1. The van der Waals surface area contributed by atoms with Gasteiger partial charge in [0.05, 0.1) is 11.3 Å². The Morgan fingerprint density at radius 1 is 1.21 bits per heavy atom. The number of benzene rings is 1. The van der Waals surface area contributed by atoms with Gasteiger partial charge in [-0.25, -0.2) is 4.79 Å². The molecule has 1 aromatic carbocycles. The number of carboxylic acids is 1. The second kappa shape index (κ2) is 6.33. The van der Waals surface area contributed by atoms with Crippen LogP contribution < -0.4 is 10.6 Å². The van der Waals surface area contributed by atoms with Crippen LogP contribution in [0.25, 0.3) is 0 Å². The molecule has 104 valence electrons. The summed E-state index contributed by atoms with van der Waals surface area (Å²) in [4.78, 5) is 22.7. The van der Waals surface area contributed by atoms with Crippen LogP contribution in [0.5, 0.6) is 0 Å². The van der Waals surface area contributed by atoms with E-state index in [2.05, 4.69) is 10.6 Å². The molecule has 0 aromatic heterocycles. The third-order valence-corrected chi connectivity index (χ3v) is 2.44. The van der Waals surface area contributed by atoms with E-state index in [1.807, 2.05) is 20.8 Å². The van der Waals surface area contributed by atoms with Gasteiger partial charge in [-0.2, -0.15) is 0 Å². The SMILES string of the molecule is CC(C)(C)NCCC(=O)Nc1ccccc1C(=O)O. The summed E-state index contributed by atoms with van der Waals surface area (Å²) in [5, 5.41) is 14.8. The first-order valence-electron chi connectivity index (χ1n) is 6.17. The van der Waals surface area contributed by atoms with Gasteiger partial charge >= 0.3 is 5.97 Å². The minimum Gasteiger partial charge on any atom is -0.478 e. The summed E-state index contributed by atoms with van der Waals surface area (Å²) in [5.41, 5.74) is 0.384. The number of anilines is 1. The van der Waals surface area contributed by atoms with Crippen LogP contribution in [0.2, 0.25) is 0 Å². The molecule has 3 N–H and O–H groups in total. The number of rotatable bonds is 5. The monoisotopic (exact) mass is 264 g/mol. The molecule has 0 heterocycles. The standard InChI is InChI=1S/C14H20N2O3/c1-14(2,3)15-9-8-12(17)16-11-7-5-4-6-10(11)13(18)19/h4-7,15H,8-9H2,1-3H3,(H,16,17)(H,18,19). The predicted octanol–water partition coefficient (Wildman–Crippen LogP) is 2.10. The summed E-state index contributed by atoms with van der Waals surface area (Å²) in [6.07, 6.45) is 0.297. The molecule has 0 aliphatic heterocycles. The van der Waals surface area contributed by atoms with E-state index in [1.54, 1.807) is 18.2 Å². The first-order valence-corrected chi connectivity index (χ1v) is 6.17. The predicted molar refractivity (Wildman–Crippen MR) is 74.4 cm³/mol. The number of para-hydroxylation sites is 1. The van der Waals surface area contributed by atoms with Crippen molar-refractivity contribution in [1.29, 1.82) is 0 Å². The first kappa shape index (κ1) is 15.2. The van der Waals surface area contributed by atoms with Crippen molar-refractivity contribution in [3.05, 3.63) is 29.8 Å². The summed E-state index contributed by atoms with van der Waals surface area (Å²) in [6, 6.07) is 6.36. The van der Waals surface area contributed by atoms with E-state index in [0.717, 1.165) is 0 Å². The molecule has 0 saturated carbocycles. The van der Waals surface area contributed by atoms with Crippen molar-refractivity contribution in [3.8, 4) is 0 Å². The molecule has 0 aliphatic rings. The Labute approximate surface area is 113 Å². The number of carbonyl (C=O) groups is 2. The summed E-state index contributed by atoms with van der Waals surface area (Å²) in [6.45, 7) is 6.60. The van der Waals surface area contributed by atoms with E-state index < -0.39 is 5.97 Å². The molecule has 5 heteroatoms. The molecule has 5 nitrogen and oxygen atoms in total. The van der Waals surface area contributed by atoms with Gasteiger partial charge < -0.3 is 15.7 Å². The normalized spacial score (nSPS) is 11.1. The van der Waals surface area contributed by atoms with Gasteiger partial charge in [-0.05, 0) is 32.9 Å². The molecule has 19 heavy (non-hydrogen) atoms. The van der Waals surface area contributed by atoms with Crippen LogP contribution in [0.4, 0.5) is 5.69 Å². The second-order valence-electron chi connectivity index (χ2n) is 5.33. The largest absolute Gasteiger partial charge is 0.478 e. The van der Waals surface area contributed by atoms with E-state index in [-0.39, 0.29) is 17.0 Å². The molecular formula is C14H20N2O3. The highest BCUT2D eigenvalue weighted by Crippen LogP contribution is 2.14. The lowest BCUT2D eigenvalue weighted by Gasteiger charge is -2.20. The maximum absolute atomic E-state index is 11.7. The molecular weight excluding hydrogens is 244 g/mol. The van der Waals surface area contributed by atoms with E-state index >= 15 is 0 Å². The van der Waals surface area contributed by atoms with Crippen LogP contribution in [0.3, 0.4) is 0 Å². The molecule has 1 amide bonds. The average molecular weight is 264 g/mol. The smallest absolute Gasteiger partial charge is 0.337 e. The lowest BCUT2D eigenvalue weighted by atomic mass is 10.1. The van der Waals surface area contributed by atoms with Crippen LogP contribution in [0, 0.1) is 0 Å². The molecule has 0 fully saturated rings. The van der Waals surface area contributed by atoms with Crippen molar-refractivity contribution in [3.63, 3.8) is 0 Å². The summed E-state index contributed by atoms with van der Waals surface area (Å²) in [7, 11) is 0. The van der Waals surface area contributed by atoms with E-state index in [4.69, 9.17) is 5.11 Å². The maximum Gasteiger partial charge on any atom is 0.337 e. The van der Waals surface area contributed by atoms with Crippen LogP contribution >= 0.6 is 0 Å². The Hall–Kier alpha value is -1.88. The van der Waals surface area contributed by atoms with Crippen LogP contribution in [-0.2, 0) is 4.79 Å². The van der Waals surface area contributed by atoms with Crippen molar-refractivity contribution < 1.29 is 14.7 Å². The van der Waals surface area contributed by atoms with Crippen molar-refractivity contribution in [2.24, 2.45) is 0 Å². The van der Waals surface area contributed by atoms with Crippen LogP contribution in [-0.4, -0.2) is 29.1 Å². The van der Waals surface area contributed by atoms with Gasteiger partial charge in [-0.3, -0.25) is 4.79 Å². The van der Waals surface area contributed by atoms with E-state index in [1.165, 1.54) is 6.07 Å². The molecule has 0 spiro atoms. The zero-order valence-corrected chi connectivity index (χ0v) is 11.5. The second-order valence-corrected chi connectivity index (χ2v) is 5.33. The molecule has 0 saturated heterocycles. The molecule has 1 rings (SSSR count). The average Bonchev–Trinajstić information content (AvgIpc) is 2.27. The Morgan fingerprint density at radius 2 is 1.84 bits per heavy atom. The zero-order valence-electron chi connectivity index (χ0n) is 11.5. The van der Waals surface area contributed by atoms with E-state index in [9.17, 15) is 9.59 Å². The van der Waals surface area contributed by atoms with E-state index in [0.29, 0.717) is 18.7 Å². The Morgan fingerprint density at radius 3 is 2.42 bits per heavy atom. The minimum atomic E-state index is -1.05. The summed E-state index contributed by atoms with van der Waals surface area (Å²) >= 11 is 0. The third-order valence-electron chi connectivity index (χ3n) is 2.44. The summed E-state index contributed by atoms with van der Waals surface area (Å²) in [5.74, 6) is -1.26. The third kappa shape index (κ3) is 5.52. The van der Waals surface area contributed by atoms with Gasteiger partial charge in [0, 0.05) is 18.5 Å². The fraction of sp³-hybridized carbons (Fsp3) is 0.429. The Bertz CT molecular complexity index is 464. The highest BCUT2D eigenvalue weighted by molar-refractivity contribution is 6.00. The van der Waals surface area contributed by atoms with Crippen LogP contribution in [0.1, 0.15) is 37.6 Å². The minimum absolute atomic E-state index is 0.0424. The number of carbonyl (C=O) groups excluding carboxylic acids is 1. The van der Waals surface area contributed by atoms with Gasteiger partial charge in [0.1, 0.15) is 0 Å². The van der Waals surface area contributed by atoms with Gasteiger partial charge in [0.15, 0.2) is 0 Å². The van der Waals surface area contributed by atoms with Crippen molar-refractivity contribution in [2.45, 2.75) is 32.7 Å². The van der Waals surface area contributed by atoms with Gasteiger partial charge in [-0.15, -0.1) is 0 Å². The van der Waals surface area contributed by atoms with Crippen molar-refractivity contribution in [1.82, 2.24) is 5.32 Å². The van der Waals surface area contributed by atoms with Gasteiger partial charge in [-0.1, -0.05) is 12.1 Å². The molecule has 0 unspecified atom stereocenters. The number of nitrogens with one attached hydrogen (secondary N) is 2. The fourth-order valence-electron chi connectivity index (χ4n) is 1.54.